The van der Waals surface area contributed by atoms with Crippen molar-refractivity contribution < 1.29 is 19.4 Å². The Balaban J connectivity index is 1.87. The number of hydrogen-bond acceptors (Lipinski definition) is 5. The molecule has 212 valence electrons. The van der Waals surface area contributed by atoms with Gasteiger partial charge in [-0.15, -0.1) is 0 Å². The fourth-order valence-corrected chi connectivity index (χ4v) is 5.66. The molecule has 2 rings (SSSR count). The van der Waals surface area contributed by atoms with E-state index in [1.54, 1.807) is 0 Å². The maximum absolute atomic E-state index is 12.2. The molecule has 3 N–H and O–H groups in total. The average Bonchev–Trinajstić information content (AvgIpc) is 2.84. The van der Waals surface area contributed by atoms with Crippen LogP contribution < -0.4 is 15.2 Å². The van der Waals surface area contributed by atoms with Crippen molar-refractivity contribution in [2.45, 2.75) is 138 Å². The fourth-order valence-electron chi connectivity index (χ4n) is 5.66. The highest BCUT2D eigenvalue weighted by Gasteiger charge is 2.35. The first-order chi connectivity index (χ1) is 17.4. The van der Waals surface area contributed by atoms with Gasteiger partial charge in [-0.1, -0.05) is 72.6 Å². The van der Waals surface area contributed by atoms with Crippen LogP contribution in [-0.4, -0.2) is 29.3 Å². The molecule has 1 aromatic carbocycles. The lowest BCUT2D eigenvalue weighted by molar-refractivity contribution is -0.136. The Bertz CT molecular complexity index is 880. The third-order valence-electron chi connectivity index (χ3n) is 8.54. The van der Waals surface area contributed by atoms with E-state index >= 15 is 0 Å². The van der Waals surface area contributed by atoms with E-state index in [2.05, 4.69) is 34.6 Å². The second-order valence-corrected chi connectivity index (χ2v) is 12.6. The molecule has 0 spiro atoms. The van der Waals surface area contributed by atoms with Crippen LogP contribution in [0, 0.1) is 38.5 Å². The number of ether oxygens (including phenoxy) is 2. The number of carbonyl (C=O) groups is 1. The number of rotatable bonds is 15. The van der Waals surface area contributed by atoms with Crippen LogP contribution in [0.5, 0.6) is 11.5 Å². The highest BCUT2D eigenvalue weighted by atomic mass is 16.5. The third-order valence-corrected chi connectivity index (χ3v) is 8.54. The summed E-state index contributed by atoms with van der Waals surface area (Å²) in [6.07, 6.45) is 13.5. The summed E-state index contributed by atoms with van der Waals surface area (Å²) in [5.74, 6) is 3.34. The van der Waals surface area contributed by atoms with Crippen molar-refractivity contribution in [2.24, 2.45) is 23.5 Å². The molecule has 5 heteroatoms. The van der Waals surface area contributed by atoms with Gasteiger partial charge in [0.2, 0.25) is 0 Å². The number of nitrogens with two attached hydrogens (primary N) is 1. The molecule has 0 saturated heterocycles. The summed E-state index contributed by atoms with van der Waals surface area (Å²) >= 11 is 0. The van der Waals surface area contributed by atoms with E-state index in [4.69, 9.17) is 15.2 Å². The lowest BCUT2D eigenvalue weighted by atomic mass is 9.83. The smallest absolute Gasteiger partial charge is 0.330 e. The number of carbonyl (C=O) groups excluding carboxylic acids is 1. The molecule has 1 aromatic rings. The van der Waals surface area contributed by atoms with Gasteiger partial charge in [-0.25, -0.2) is 4.79 Å². The number of benzene rings is 1. The van der Waals surface area contributed by atoms with Gasteiger partial charge < -0.3 is 20.3 Å². The Morgan fingerprint density at radius 3 is 2.08 bits per heavy atom. The third kappa shape index (κ3) is 9.28. The lowest BCUT2D eigenvalue weighted by Gasteiger charge is -2.38. The first-order valence-electron chi connectivity index (χ1n) is 14.8. The normalized spacial score (nSPS) is 19.8. The zero-order valence-electron chi connectivity index (χ0n) is 25.0. The topological polar surface area (TPSA) is 81.8 Å². The van der Waals surface area contributed by atoms with Crippen LogP contribution >= 0.6 is 0 Å². The van der Waals surface area contributed by atoms with Crippen molar-refractivity contribution in [3.05, 3.63) is 22.3 Å². The van der Waals surface area contributed by atoms with E-state index in [9.17, 15) is 9.90 Å². The Morgan fingerprint density at radius 1 is 0.946 bits per heavy atom. The molecule has 0 amide bonds. The number of fused-ring (bicyclic) bond motifs is 1. The monoisotopic (exact) mass is 517 g/mol. The minimum Gasteiger partial charge on any atom is -0.487 e. The maximum Gasteiger partial charge on any atom is 0.330 e. The highest BCUT2D eigenvalue weighted by Crippen LogP contribution is 2.45. The first kappa shape index (κ1) is 31.6. The zero-order chi connectivity index (χ0) is 27.8. The van der Waals surface area contributed by atoms with Gasteiger partial charge in [-0.05, 0) is 87.8 Å². The van der Waals surface area contributed by atoms with E-state index in [0.29, 0.717) is 5.75 Å². The number of aliphatic hydroxyl groups excluding tert-OH is 1. The molecule has 0 fully saturated rings. The summed E-state index contributed by atoms with van der Waals surface area (Å²) in [6, 6.07) is -1.03. The van der Waals surface area contributed by atoms with Gasteiger partial charge in [0.05, 0.1) is 6.61 Å². The second-order valence-electron chi connectivity index (χ2n) is 12.6. The zero-order valence-corrected chi connectivity index (χ0v) is 25.0. The summed E-state index contributed by atoms with van der Waals surface area (Å²) in [5, 5.41) is 9.19. The fraction of sp³-hybridized carbons (Fsp3) is 0.781. The average molecular weight is 518 g/mol. The molecule has 5 nitrogen and oxygen atoms in total. The van der Waals surface area contributed by atoms with Gasteiger partial charge in [0, 0.05) is 5.56 Å². The van der Waals surface area contributed by atoms with Gasteiger partial charge in [0.1, 0.15) is 23.1 Å². The molecular formula is C32H55NO4. The van der Waals surface area contributed by atoms with Crippen LogP contribution in [0.3, 0.4) is 0 Å². The molecule has 37 heavy (non-hydrogen) atoms. The van der Waals surface area contributed by atoms with Crippen LogP contribution in [0.4, 0.5) is 0 Å². The van der Waals surface area contributed by atoms with E-state index in [-0.39, 0.29) is 5.60 Å². The summed E-state index contributed by atoms with van der Waals surface area (Å²) in [6.45, 7) is 17.3. The molecule has 0 saturated carbocycles. The highest BCUT2D eigenvalue weighted by molar-refractivity contribution is 5.79. The summed E-state index contributed by atoms with van der Waals surface area (Å²) in [4.78, 5) is 12.2. The Hall–Kier alpha value is -1.59. The summed E-state index contributed by atoms with van der Waals surface area (Å²) in [7, 11) is 0. The molecule has 1 heterocycles. The van der Waals surface area contributed by atoms with Crippen molar-refractivity contribution in [3.8, 4) is 11.5 Å². The predicted octanol–water partition coefficient (Wildman–Crippen LogP) is 7.36. The van der Waals surface area contributed by atoms with Crippen LogP contribution in [0.1, 0.15) is 121 Å². The molecule has 0 aromatic heterocycles. The molecular weight excluding hydrogens is 462 g/mol. The van der Waals surface area contributed by atoms with E-state index < -0.39 is 18.6 Å². The summed E-state index contributed by atoms with van der Waals surface area (Å²) < 4.78 is 12.3. The van der Waals surface area contributed by atoms with Gasteiger partial charge in [0.25, 0.3) is 0 Å². The maximum atomic E-state index is 12.2. The molecule has 1 unspecified atom stereocenters. The minimum atomic E-state index is -1.03. The standard InChI is InChI=1S/C32H55NO4/c1-21(2)12-9-13-22(3)14-10-15-23(4)16-11-18-32(8)19-17-27-26(7)29(36-31(35)28(33)20-34)24(5)25(6)30(27)37-32/h21-23,28,34H,9-20,33H2,1-8H3/t22-,23-,28?,32-/m1/s1. The molecule has 0 aliphatic carbocycles. The van der Waals surface area contributed by atoms with Crippen molar-refractivity contribution >= 4 is 5.97 Å². The second kappa shape index (κ2) is 14.5. The minimum absolute atomic E-state index is 0.168. The quantitative estimate of drug-likeness (QED) is 0.188. The van der Waals surface area contributed by atoms with Crippen LogP contribution in [0.15, 0.2) is 0 Å². The molecule has 4 atom stereocenters. The van der Waals surface area contributed by atoms with Gasteiger partial charge >= 0.3 is 5.97 Å². The first-order valence-corrected chi connectivity index (χ1v) is 14.8. The van der Waals surface area contributed by atoms with Gasteiger partial charge in [0.15, 0.2) is 0 Å². The van der Waals surface area contributed by atoms with Gasteiger partial charge in [-0.3, -0.25) is 0 Å². The van der Waals surface area contributed by atoms with Gasteiger partial charge in [-0.2, -0.15) is 0 Å². The Morgan fingerprint density at radius 2 is 1.51 bits per heavy atom. The largest absolute Gasteiger partial charge is 0.487 e. The molecule has 0 bridgehead atoms. The van der Waals surface area contributed by atoms with Crippen molar-refractivity contribution in [1.82, 2.24) is 0 Å². The van der Waals surface area contributed by atoms with E-state index in [0.717, 1.165) is 65.0 Å². The molecule has 1 aliphatic heterocycles. The van der Waals surface area contributed by atoms with E-state index in [1.165, 1.54) is 51.4 Å². The number of esters is 1. The predicted molar refractivity (Wildman–Crippen MR) is 153 cm³/mol. The Labute approximate surface area is 226 Å². The van der Waals surface area contributed by atoms with Crippen LogP contribution in [0.25, 0.3) is 0 Å². The van der Waals surface area contributed by atoms with Crippen molar-refractivity contribution in [2.75, 3.05) is 6.61 Å². The van der Waals surface area contributed by atoms with Crippen LogP contribution in [0.2, 0.25) is 0 Å². The SMILES string of the molecule is Cc1c(C)c2c(c(C)c1OC(=O)C(N)CO)CC[C@@](C)(CCC[C@H](C)CCC[C@H](C)CCCC(C)C)O2. The van der Waals surface area contributed by atoms with E-state index in [1.807, 2.05) is 20.8 Å². The van der Waals surface area contributed by atoms with Crippen LogP contribution in [-0.2, 0) is 11.2 Å². The summed E-state index contributed by atoms with van der Waals surface area (Å²) in [5.41, 5.74) is 9.46. The number of aliphatic hydroxyl groups is 1. The van der Waals surface area contributed by atoms with Crippen molar-refractivity contribution in [3.63, 3.8) is 0 Å². The number of hydrogen-bond donors (Lipinski definition) is 2. The Kier molecular flexibility index (Phi) is 12.4. The molecule has 0 radical (unpaired) electrons. The van der Waals surface area contributed by atoms with Crippen molar-refractivity contribution in [1.29, 1.82) is 0 Å². The lowest BCUT2D eigenvalue weighted by Crippen LogP contribution is -2.38. The molecule has 1 aliphatic rings.